The predicted molar refractivity (Wildman–Crippen MR) is 114 cm³/mol. The minimum atomic E-state index is -0.104. The highest BCUT2D eigenvalue weighted by Gasteiger charge is 2.30. The molecule has 7 heteroatoms. The number of aromatic nitrogens is 3. The molecule has 0 aliphatic heterocycles. The van der Waals surface area contributed by atoms with E-state index < -0.39 is 0 Å². The Labute approximate surface area is 178 Å². The van der Waals surface area contributed by atoms with Crippen molar-refractivity contribution in [2.75, 3.05) is 0 Å². The zero-order valence-electron chi connectivity index (χ0n) is 18.6. The van der Waals surface area contributed by atoms with Crippen LogP contribution in [0.3, 0.4) is 0 Å². The Bertz CT molecular complexity index is 829. The van der Waals surface area contributed by atoms with E-state index in [4.69, 9.17) is 14.2 Å². The van der Waals surface area contributed by atoms with E-state index in [1.165, 1.54) is 0 Å². The molecule has 0 bridgehead atoms. The molecule has 2 aromatic rings. The molecule has 1 aromatic heterocycles. The van der Waals surface area contributed by atoms with Gasteiger partial charge >= 0.3 is 5.97 Å². The molecule has 7 nitrogen and oxygen atoms in total. The van der Waals surface area contributed by atoms with Crippen LogP contribution < -0.4 is 4.74 Å². The summed E-state index contributed by atoms with van der Waals surface area (Å²) in [5, 5.41) is 8.45. The van der Waals surface area contributed by atoms with Gasteiger partial charge < -0.3 is 14.2 Å². The van der Waals surface area contributed by atoms with E-state index in [9.17, 15) is 4.79 Å². The van der Waals surface area contributed by atoms with E-state index in [2.05, 4.69) is 10.3 Å². The maximum Gasteiger partial charge on any atom is 0.309 e. The van der Waals surface area contributed by atoms with Crippen LogP contribution in [-0.2, 0) is 27.9 Å². The molecule has 0 N–H and O–H groups in total. The number of hydrogen-bond donors (Lipinski definition) is 0. The summed E-state index contributed by atoms with van der Waals surface area (Å²) >= 11 is 0. The highest BCUT2D eigenvalue weighted by Crippen LogP contribution is 2.30. The Balaban J connectivity index is 1.63. The number of nitrogens with zero attached hydrogens (tertiary/aromatic N) is 3. The van der Waals surface area contributed by atoms with Gasteiger partial charge in [0.25, 0.3) is 0 Å². The zero-order chi connectivity index (χ0) is 21.7. The minimum Gasteiger partial charge on any atom is -0.490 e. The van der Waals surface area contributed by atoms with Crippen molar-refractivity contribution in [2.24, 2.45) is 13.0 Å². The number of ether oxygens (including phenoxy) is 3. The summed E-state index contributed by atoms with van der Waals surface area (Å²) in [7, 11) is 1.87. The zero-order valence-corrected chi connectivity index (χ0v) is 18.6. The number of carbonyl (C=O) groups is 1. The van der Waals surface area contributed by atoms with Crippen LogP contribution in [0.25, 0.3) is 11.3 Å². The number of esters is 1. The largest absolute Gasteiger partial charge is 0.490 e. The van der Waals surface area contributed by atoms with Gasteiger partial charge in [-0.1, -0.05) is 5.21 Å². The SMILES string of the molecule is CC(C)OCc1c(-c2ccc(O[C@H]3CCC[C@H](C(=O)OC(C)C)C3)cc2)nnn1C. The lowest BCUT2D eigenvalue weighted by Gasteiger charge is -2.29. The highest BCUT2D eigenvalue weighted by molar-refractivity contribution is 5.72. The molecule has 0 saturated heterocycles. The molecule has 1 fully saturated rings. The Kier molecular flexibility index (Phi) is 7.48. The normalized spacial score (nSPS) is 19.3. The first-order valence-electron chi connectivity index (χ1n) is 10.8. The van der Waals surface area contributed by atoms with Crippen LogP contribution >= 0.6 is 0 Å². The number of carbonyl (C=O) groups excluding carboxylic acids is 1. The fraction of sp³-hybridized carbons (Fsp3) is 0.609. The topological polar surface area (TPSA) is 75.5 Å². The van der Waals surface area contributed by atoms with Gasteiger partial charge in [0.2, 0.25) is 0 Å². The first-order chi connectivity index (χ1) is 14.3. The second-order valence-corrected chi connectivity index (χ2v) is 8.48. The van der Waals surface area contributed by atoms with Gasteiger partial charge in [-0.25, -0.2) is 4.68 Å². The third-order valence-corrected chi connectivity index (χ3v) is 5.24. The molecule has 164 valence electrons. The van der Waals surface area contributed by atoms with Crippen LogP contribution in [0.15, 0.2) is 24.3 Å². The molecular formula is C23H33N3O4. The molecule has 3 rings (SSSR count). The first kappa shape index (κ1) is 22.3. The van der Waals surface area contributed by atoms with Gasteiger partial charge in [-0.05, 0) is 77.6 Å². The van der Waals surface area contributed by atoms with Gasteiger partial charge in [-0.15, -0.1) is 5.10 Å². The van der Waals surface area contributed by atoms with Crippen molar-refractivity contribution in [1.82, 2.24) is 15.0 Å². The molecule has 2 atom stereocenters. The Morgan fingerprint density at radius 3 is 2.53 bits per heavy atom. The minimum absolute atomic E-state index is 0.0285. The number of rotatable bonds is 8. The summed E-state index contributed by atoms with van der Waals surface area (Å²) in [6.07, 6.45) is 3.59. The second kappa shape index (κ2) is 10.1. The van der Waals surface area contributed by atoms with Crippen LogP contribution in [-0.4, -0.2) is 39.3 Å². The lowest BCUT2D eigenvalue weighted by atomic mass is 9.87. The van der Waals surface area contributed by atoms with Gasteiger partial charge in [0.1, 0.15) is 11.4 Å². The van der Waals surface area contributed by atoms with Crippen molar-refractivity contribution in [2.45, 2.75) is 78.3 Å². The standard InChI is InChI=1S/C23H33N3O4/c1-15(2)28-14-21-22(24-25-26(21)5)17-9-11-19(12-10-17)30-20-8-6-7-18(13-20)23(27)29-16(3)4/h9-12,15-16,18,20H,6-8,13-14H2,1-5H3/t18-,20-/m0/s1. The molecule has 1 aliphatic carbocycles. The highest BCUT2D eigenvalue weighted by atomic mass is 16.5. The molecule has 0 amide bonds. The van der Waals surface area contributed by atoms with Crippen molar-refractivity contribution >= 4 is 5.97 Å². The van der Waals surface area contributed by atoms with Crippen molar-refractivity contribution in [3.8, 4) is 17.0 Å². The maximum atomic E-state index is 12.2. The molecule has 1 heterocycles. The molecule has 1 saturated carbocycles. The summed E-state index contributed by atoms with van der Waals surface area (Å²) in [5.74, 6) is 0.617. The summed E-state index contributed by atoms with van der Waals surface area (Å²) in [6, 6.07) is 7.89. The van der Waals surface area contributed by atoms with Gasteiger partial charge in [0.05, 0.1) is 36.5 Å². The van der Waals surface area contributed by atoms with Crippen molar-refractivity contribution in [3.63, 3.8) is 0 Å². The first-order valence-corrected chi connectivity index (χ1v) is 10.8. The average molecular weight is 416 g/mol. The van der Waals surface area contributed by atoms with Crippen molar-refractivity contribution in [3.05, 3.63) is 30.0 Å². The summed E-state index contributed by atoms with van der Waals surface area (Å²) in [6.45, 7) is 8.24. The lowest BCUT2D eigenvalue weighted by molar-refractivity contribution is -0.154. The van der Waals surface area contributed by atoms with Gasteiger partial charge in [-0.2, -0.15) is 0 Å². The maximum absolute atomic E-state index is 12.2. The van der Waals surface area contributed by atoms with Gasteiger partial charge in [0.15, 0.2) is 0 Å². The third kappa shape index (κ3) is 5.81. The molecule has 0 spiro atoms. The van der Waals surface area contributed by atoms with Crippen molar-refractivity contribution in [1.29, 1.82) is 0 Å². The molecule has 1 aromatic carbocycles. The monoisotopic (exact) mass is 415 g/mol. The van der Waals surface area contributed by atoms with Gasteiger partial charge in [0, 0.05) is 12.6 Å². The fourth-order valence-electron chi connectivity index (χ4n) is 3.69. The van der Waals surface area contributed by atoms with E-state index in [0.717, 1.165) is 42.0 Å². The average Bonchev–Trinajstić information content (AvgIpc) is 3.07. The van der Waals surface area contributed by atoms with Crippen LogP contribution in [0.2, 0.25) is 0 Å². The Hall–Kier alpha value is -2.41. The van der Waals surface area contributed by atoms with Crippen LogP contribution in [0.4, 0.5) is 0 Å². The molecule has 30 heavy (non-hydrogen) atoms. The number of aryl methyl sites for hydroxylation is 1. The summed E-state index contributed by atoms with van der Waals surface area (Å²) in [5.41, 5.74) is 2.73. The molecule has 0 unspecified atom stereocenters. The summed E-state index contributed by atoms with van der Waals surface area (Å²) < 4.78 is 19.0. The van der Waals surface area contributed by atoms with E-state index in [-0.39, 0.29) is 30.2 Å². The second-order valence-electron chi connectivity index (χ2n) is 8.48. The van der Waals surface area contributed by atoms with Crippen molar-refractivity contribution < 1.29 is 19.0 Å². The van der Waals surface area contributed by atoms with Gasteiger partial charge in [-0.3, -0.25) is 4.79 Å². The Morgan fingerprint density at radius 1 is 1.13 bits per heavy atom. The molecular weight excluding hydrogens is 382 g/mol. The lowest BCUT2D eigenvalue weighted by Crippen LogP contribution is -2.31. The smallest absolute Gasteiger partial charge is 0.309 e. The predicted octanol–water partition coefficient (Wildman–Crippen LogP) is 4.30. The fourth-order valence-corrected chi connectivity index (χ4v) is 3.69. The van der Waals surface area contributed by atoms with E-state index in [0.29, 0.717) is 13.0 Å². The van der Waals surface area contributed by atoms with Crippen LogP contribution in [0.5, 0.6) is 5.75 Å². The third-order valence-electron chi connectivity index (χ3n) is 5.24. The number of benzene rings is 1. The van der Waals surface area contributed by atoms with E-state index in [1.807, 2.05) is 59.0 Å². The molecule has 0 radical (unpaired) electrons. The van der Waals surface area contributed by atoms with E-state index in [1.54, 1.807) is 4.68 Å². The number of hydrogen-bond acceptors (Lipinski definition) is 6. The quantitative estimate of drug-likeness (QED) is 0.599. The Morgan fingerprint density at radius 2 is 1.87 bits per heavy atom. The van der Waals surface area contributed by atoms with E-state index >= 15 is 0 Å². The molecule has 1 aliphatic rings. The van der Waals surface area contributed by atoms with Crippen LogP contribution in [0, 0.1) is 5.92 Å². The summed E-state index contributed by atoms with van der Waals surface area (Å²) in [4.78, 5) is 12.2. The van der Waals surface area contributed by atoms with Crippen LogP contribution in [0.1, 0.15) is 59.1 Å².